The number of urea groups is 1. The second kappa shape index (κ2) is 10.4. The predicted octanol–water partition coefficient (Wildman–Crippen LogP) is 1.93. The van der Waals surface area contributed by atoms with Gasteiger partial charge in [-0.25, -0.2) is 4.79 Å². The molecular formula is C15H30N2O4. The summed E-state index contributed by atoms with van der Waals surface area (Å²) in [5, 5.41) is 20.6. The number of aliphatic hydroxyl groups excluding tert-OH is 1. The molecule has 0 aromatic rings. The number of amides is 2. The van der Waals surface area contributed by atoms with Crippen molar-refractivity contribution >= 4 is 12.0 Å². The lowest BCUT2D eigenvalue weighted by Gasteiger charge is -2.27. The number of carboxylic acid groups (broad SMARTS) is 1. The lowest BCUT2D eigenvalue weighted by Crippen LogP contribution is -2.45. The average molecular weight is 302 g/mol. The molecule has 0 rings (SSSR count). The largest absolute Gasteiger partial charge is 0.481 e. The van der Waals surface area contributed by atoms with Crippen LogP contribution in [0.1, 0.15) is 47.0 Å². The van der Waals surface area contributed by atoms with Crippen molar-refractivity contribution < 1.29 is 19.8 Å². The van der Waals surface area contributed by atoms with Crippen LogP contribution in [-0.2, 0) is 4.79 Å². The summed E-state index contributed by atoms with van der Waals surface area (Å²) in [6.45, 7) is 8.73. The number of carbonyl (C=O) groups excluding carboxylic acids is 1. The molecule has 0 aliphatic carbocycles. The third kappa shape index (κ3) is 8.55. The standard InChI is InChI=1S/C15H30N2O4/c1-11(2)13(5-6-14(19)20)7-8-16-15(21)17(9-10-18)12(3)4/h11-13,18H,5-10H2,1-4H3,(H,16,21)(H,19,20). The Balaban J connectivity index is 4.23. The summed E-state index contributed by atoms with van der Waals surface area (Å²) in [7, 11) is 0. The molecule has 6 heteroatoms. The molecule has 6 nitrogen and oxygen atoms in total. The molecule has 1 unspecified atom stereocenters. The van der Waals surface area contributed by atoms with Crippen molar-refractivity contribution in [1.82, 2.24) is 10.2 Å². The van der Waals surface area contributed by atoms with Gasteiger partial charge in [-0.05, 0) is 38.5 Å². The molecule has 0 aromatic carbocycles. The first kappa shape index (κ1) is 19.7. The number of nitrogens with one attached hydrogen (secondary N) is 1. The van der Waals surface area contributed by atoms with E-state index in [2.05, 4.69) is 19.2 Å². The summed E-state index contributed by atoms with van der Waals surface area (Å²) in [6.07, 6.45) is 1.56. The van der Waals surface area contributed by atoms with E-state index < -0.39 is 5.97 Å². The number of rotatable bonds is 10. The number of carboxylic acids is 1. The second-order valence-corrected chi connectivity index (χ2v) is 5.97. The van der Waals surface area contributed by atoms with Crippen LogP contribution >= 0.6 is 0 Å². The summed E-state index contributed by atoms with van der Waals surface area (Å²) >= 11 is 0. The molecule has 0 aliphatic rings. The molecule has 0 spiro atoms. The topological polar surface area (TPSA) is 89.9 Å². The SMILES string of the molecule is CC(C)C(CCNC(=O)N(CCO)C(C)C)CCC(=O)O. The van der Waals surface area contributed by atoms with E-state index in [1.807, 2.05) is 13.8 Å². The fourth-order valence-corrected chi connectivity index (χ4v) is 2.29. The Morgan fingerprint density at radius 2 is 1.76 bits per heavy atom. The van der Waals surface area contributed by atoms with E-state index in [9.17, 15) is 9.59 Å². The minimum Gasteiger partial charge on any atom is -0.481 e. The maximum atomic E-state index is 12.0. The first-order chi connectivity index (χ1) is 9.79. The first-order valence-electron chi connectivity index (χ1n) is 7.66. The van der Waals surface area contributed by atoms with E-state index in [-0.39, 0.29) is 31.0 Å². The number of aliphatic hydroxyl groups is 1. The highest BCUT2D eigenvalue weighted by molar-refractivity contribution is 5.74. The molecule has 0 heterocycles. The molecule has 0 aliphatic heterocycles. The smallest absolute Gasteiger partial charge is 0.317 e. The van der Waals surface area contributed by atoms with Gasteiger partial charge in [0.1, 0.15) is 0 Å². The van der Waals surface area contributed by atoms with Crippen molar-refractivity contribution in [3.8, 4) is 0 Å². The molecule has 124 valence electrons. The van der Waals surface area contributed by atoms with E-state index >= 15 is 0 Å². The fraction of sp³-hybridized carbons (Fsp3) is 0.867. The van der Waals surface area contributed by atoms with Gasteiger partial charge >= 0.3 is 12.0 Å². The number of aliphatic carboxylic acids is 1. The van der Waals surface area contributed by atoms with Crippen LogP contribution in [-0.4, -0.2) is 52.9 Å². The van der Waals surface area contributed by atoms with Gasteiger partial charge in [-0.3, -0.25) is 4.79 Å². The van der Waals surface area contributed by atoms with Crippen LogP contribution in [0.4, 0.5) is 4.79 Å². The monoisotopic (exact) mass is 302 g/mol. The van der Waals surface area contributed by atoms with E-state index in [1.54, 1.807) is 4.90 Å². The van der Waals surface area contributed by atoms with E-state index in [4.69, 9.17) is 10.2 Å². The summed E-state index contributed by atoms with van der Waals surface area (Å²) in [5.74, 6) is -0.106. The van der Waals surface area contributed by atoms with Gasteiger partial charge < -0.3 is 20.4 Å². The molecule has 1 atom stereocenters. The van der Waals surface area contributed by atoms with Crippen molar-refractivity contribution in [3.05, 3.63) is 0 Å². The van der Waals surface area contributed by atoms with Crippen LogP contribution < -0.4 is 5.32 Å². The third-order valence-electron chi connectivity index (χ3n) is 3.69. The Morgan fingerprint density at radius 3 is 2.19 bits per heavy atom. The van der Waals surface area contributed by atoms with Crippen LogP contribution in [0.2, 0.25) is 0 Å². The number of carbonyl (C=O) groups is 2. The normalized spacial score (nSPS) is 12.5. The molecule has 0 saturated heterocycles. The van der Waals surface area contributed by atoms with Crippen molar-refractivity contribution in [2.24, 2.45) is 11.8 Å². The minimum absolute atomic E-state index is 0.0325. The summed E-state index contributed by atoms with van der Waals surface area (Å²) in [5.41, 5.74) is 0. The first-order valence-corrected chi connectivity index (χ1v) is 7.66. The predicted molar refractivity (Wildman–Crippen MR) is 82.1 cm³/mol. The van der Waals surface area contributed by atoms with Crippen molar-refractivity contribution in [2.45, 2.75) is 53.0 Å². The Bertz CT molecular complexity index is 319. The Morgan fingerprint density at radius 1 is 1.14 bits per heavy atom. The third-order valence-corrected chi connectivity index (χ3v) is 3.69. The Labute approximate surface area is 127 Å². The van der Waals surface area contributed by atoms with Gasteiger partial charge in [0.25, 0.3) is 0 Å². The van der Waals surface area contributed by atoms with Crippen LogP contribution in [0.5, 0.6) is 0 Å². The lowest BCUT2D eigenvalue weighted by atomic mass is 9.88. The number of hydrogen-bond donors (Lipinski definition) is 3. The number of hydrogen-bond acceptors (Lipinski definition) is 3. The fourth-order valence-electron chi connectivity index (χ4n) is 2.29. The molecule has 21 heavy (non-hydrogen) atoms. The summed E-state index contributed by atoms with van der Waals surface area (Å²) < 4.78 is 0. The molecule has 2 amide bonds. The minimum atomic E-state index is -0.779. The zero-order chi connectivity index (χ0) is 16.4. The molecule has 0 aromatic heterocycles. The Kier molecular flexibility index (Phi) is 9.78. The highest BCUT2D eigenvalue weighted by Gasteiger charge is 2.18. The van der Waals surface area contributed by atoms with Gasteiger partial charge in [0.05, 0.1) is 6.61 Å². The zero-order valence-electron chi connectivity index (χ0n) is 13.6. The lowest BCUT2D eigenvalue weighted by molar-refractivity contribution is -0.137. The maximum absolute atomic E-state index is 12.0. The van der Waals surface area contributed by atoms with Gasteiger partial charge in [-0.1, -0.05) is 13.8 Å². The van der Waals surface area contributed by atoms with Gasteiger partial charge in [0.2, 0.25) is 0 Å². The molecular weight excluding hydrogens is 272 g/mol. The van der Waals surface area contributed by atoms with Gasteiger partial charge in [0.15, 0.2) is 0 Å². The highest BCUT2D eigenvalue weighted by atomic mass is 16.4. The van der Waals surface area contributed by atoms with Crippen LogP contribution in [0.25, 0.3) is 0 Å². The quantitative estimate of drug-likeness (QED) is 0.575. The zero-order valence-corrected chi connectivity index (χ0v) is 13.6. The molecule has 0 fully saturated rings. The molecule has 3 N–H and O–H groups in total. The average Bonchev–Trinajstić information content (AvgIpc) is 2.38. The summed E-state index contributed by atoms with van der Waals surface area (Å²) in [4.78, 5) is 24.2. The molecule has 0 saturated carbocycles. The van der Waals surface area contributed by atoms with Crippen LogP contribution in [0.15, 0.2) is 0 Å². The van der Waals surface area contributed by atoms with Crippen LogP contribution in [0.3, 0.4) is 0 Å². The summed E-state index contributed by atoms with van der Waals surface area (Å²) in [6, 6.07) is -0.148. The van der Waals surface area contributed by atoms with E-state index in [0.29, 0.717) is 25.4 Å². The van der Waals surface area contributed by atoms with Gasteiger partial charge in [-0.15, -0.1) is 0 Å². The van der Waals surface area contributed by atoms with Crippen molar-refractivity contribution in [2.75, 3.05) is 19.7 Å². The van der Waals surface area contributed by atoms with Crippen molar-refractivity contribution in [1.29, 1.82) is 0 Å². The van der Waals surface area contributed by atoms with Crippen LogP contribution in [0, 0.1) is 11.8 Å². The van der Waals surface area contributed by atoms with Gasteiger partial charge in [0, 0.05) is 25.6 Å². The van der Waals surface area contributed by atoms with Gasteiger partial charge in [-0.2, -0.15) is 0 Å². The van der Waals surface area contributed by atoms with E-state index in [1.165, 1.54) is 0 Å². The van der Waals surface area contributed by atoms with E-state index in [0.717, 1.165) is 6.42 Å². The molecule has 0 radical (unpaired) electrons. The Hall–Kier alpha value is -1.30. The maximum Gasteiger partial charge on any atom is 0.317 e. The highest BCUT2D eigenvalue weighted by Crippen LogP contribution is 2.20. The second-order valence-electron chi connectivity index (χ2n) is 5.97. The molecule has 0 bridgehead atoms. The van der Waals surface area contributed by atoms with Crippen molar-refractivity contribution in [3.63, 3.8) is 0 Å². The number of nitrogens with zero attached hydrogens (tertiary/aromatic N) is 1.